The molecule has 1 unspecified atom stereocenters. The largest absolute Gasteiger partial charge is 0.469 e. The Hall–Kier alpha value is -0.530. The topological polar surface area (TPSA) is 26.3 Å². The summed E-state index contributed by atoms with van der Waals surface area (Å²) in [6, 6.07) is 0. The van der Waals surface area contributed by atoms with E-state index in [1.54, 1.807) is 0 Å². The van der Waals surface area contributed by atoms with Crippen LogP contribution in [0.25, 0.3) is 0 Å². The smallest absolute Gasteiger partial charge is 0.308 e. The molecular weight excluding hydrogens is 140 g/mol. The second kappa shape index (κ2) is 2.50. The molecule has 2 saturated carbocycles. The van der Waals surface area contributed by atoms with Gasteiger partial charge in [-0.15, -0.1) is 0 Å². The number of esters is 1. The Morgan fingerprint density at radius 2 is 2.18 bits per heavy atom. The Balaban J connectivity index is 2.02. The summed E-state index contributed by atoms with van der Waals surface area (Å²) >= 11 is 0. The summed E-state index contributed by atoms with van der Waals surface area (Å²) in [6.07, 6.45) is 4.97. The second-order valence-corrected chi connectivity index (χ2v) is 3.80. The van der Waals surface area contributed by atoms with Crippen molar-refractivity contribution >= 4 is 5.97 Å². The van der Waals surface area contributed by atoms with Crippen LogP contribution in [0, 0.1) is 17.8 Å². The van der Waals surface area contributed by atoms with Crippen molar-refractivity contribution in [3.8, 4) is 0 Å². The molecule has 0 aliphatic heterocycles. The summed E-state index contributed by atoms with van der Waals surface area (Å²) in [4.78, 5) is 11.2. The van der Waals surface area contributed by atoms with Crippen molar-refractivity contribution in [2.45, 2.75) is 25.7 Å². The molecule has 11 heavy (non-hydrogen) atoms. The first-order valence-corrected chi connectivity index (χ1v) is 4.39. The molecule has 62 valence electrons. The molecule has 0 amide bonds. The highest BCUT2D eigenvalue weighted by molar-refractivity contribution is 5.73. The molecular formula is C9H14O2. The van der Waals surface area contributed by atoms with E-state index in [0.29, 0.717) is 5.92 Å². The van der Waals surface area contributed by atoms with Crippen molar-refractivity contribution < 1.29 is 9.53 Å². The summed E-state index contributed by atoms with van der Waals surface area (Å²) in [6.45, 7) is 0. The van der Waals surface area contributed by atoms with Gasteiger partial charge in [-0.1, -0.05) is 6.42 Å². The predicted molar refractivity (Wildman–Crippen MR) is 41.0 cm³/mol. The highest BCUT2D eigenvalue weighted by Crippen LogP contribution is 2.48. The van der Waals surface area contributed by atoms with Gasteiger partial charge in [0, 0.05) is 0 Å². The third kappa shape index (κ3) is 1.05. The summed E-state index contributed by atoms with van der Waals surface area (Å²) in [5.74, 6) is 1.77. The van der Waals surface area contributed by atoms with Gasteiger partial charge in [-0.3, -0.25) is 4.79 Å². The molecule has 0 spiro atoms. The van der Waals surface area contributed by atoms with Crippen LogP contribution in [0.2, 0.25) is 0 Å². The molecule has 0 aromatic heterocycles. The highest BCUT2D eigenvalue weighted by atomic mass is 16.5. The fraction of sp³-hybridized carbons (Fsp3) is 0.889. The van der Waals surface area contributed by atoms with E-state index < -0.39 is 0 Å². The number of hydrogen-bond acceptors (Lipinski definition) is 2. The van der Waals surface area contributed by atoms with Gasteiger partial charge in [0.25, 0.3) is 0 Å². The van der Waals surface area contributed by atoms with E-state index in [-0.39, 0.29) is 11.9 Å². The summed E-state index contributed by atoms with van der Waals surface area (Å²) in [7, 11) is 1.49. The van der Waals surface area contributed by atoms with Gasteiger partial charge >= 0.3 is 5.97 Å². The standard InChI is InChI=1S/C9H14O2/c1-11-9(10)8-5-6-2-3-7(8)4-6/h6-8H,2-5H2,1H3/t6?,7-,8+/m1/s1. The lowest BCUT2D eigenvalue weighted by Crippen LogP contribution is -2.21. The first-order chi connectivity index (χ1) is 5.31. The minimum absolute atomic E-state index is 0.0252. The molecule has 0 saturated heterocycles. The SMILES string of the molecule is COC(=O)[C@H]1CC2CC[C@@H]1C2. The lowest BCUT2D eigenvalue weighted by Gasteiger charge is -2.18. The van der Waals surface area contributed by atoms with Crippen LogP contribution in [0.15, 0.2) is 0 Å². The van der Waals surface area contributed by atoms with Gasteiger partial charge in [-0.25, -0.2) is 0 Å². The molecule has 0 radical (unpaired) electrons. The van der Waals surface area contributed by atoms with Crippen molar-refractivity contribution in [3.05, 3.63) is 0 Å². The number of hydrogen-bond donors (Lipinski definition) is 0. The van der Waals surface area contributed by atoms with Crippen molar-refractivity contribution in [1.29, 1.82) is 0 Å². The van der Waals surface area contributed by atoms with Gasteiger partial charge in [-0.05, 0) is 31.1 Å². The van der Waals surface area contributed by atoms with E-state index in [2.05, 4.69) is 0 Å². The molecule has 2 aliphatic rings. The van der Waals surface area contributed by atoms with Crippen molar-refractivity contribution in [3.63, 3.8) is 0 Å². The molecule has 2 fully saturated rings. The second-order valence-electron chi connectivity index (χ2n) is 3.80. The normalized spacial score (nSPS) is 41.0. The Kier molecular flexibility index (Phi) is 1.63. The zero-order chi connectivity index (χ0) is 7.84. The number of carbonyl (C=O) groups is 1. The minimum Gasteiger partial charge on any atom is -0.469 e. The molecule has 2 aliphatic carbocycles. The average Bonchev–Trinajstić information content (AvgIpc) is 2.62. The lowest BCUT2D eigenvalue weighted by atomic mass is 9.89. The van der Waals surface area contributed by atoms with Crippen LogP contribution in [-0.4, -0.2) is 13.1 Å². The number of methoxy groups -OCH3 is 1. The molecule has 0 aromatic carbocycles. The van der Waals surface area contributed by atoms with E-state index in [1.165, 1.54) is 26.4 Å². The highest BCUT2D eigenvalue weighted by Gasteiger charge is 2.43. The maximum atomic E-state index is 11.2. The van der Waals surface area contributed by atoms with Gasteiger partial charge < -0.3 is 4.74 Å². The number of fused-ring (bicyclic) bond motifs is 2. The first kappa shape index (κ1) is 7.14. The van der Waals surface area contributed by atoms with Crippen molar-refractivity contribution in [2.24, 2.45) is 17.8 Å². The van der Waals surface area contributed by atoms with Gasteiger partial charge in [0.05, 0.1) is 13.0 Å². The van der Waals surface area contributed by atoms with Crippen molar-refractivity contribution in [2.75, 3.05) is 7.11 Å². The molecule has 0 aromatic rings. The van der Waals surface area contributed by atoms with Gasteiger partial charge in [0.15, 0.2) is 0 Å². The summed E-state index contributed by atoms with van der Waals surface area (Å²) in [5.41, 5.74) is 0. The lowest BCUT2D eigenvalue weighted by molar-refractivity contribution is -0.147. The third-order valence-corrected chi connectivity index (χ3v) is 3.24. The van der Waals surface area contributed by atoms with Gasteiger partial charge in [0.2, 0.25) is 0 Å². The van der Waals surface area contributed by atoms with Crippen LogP contribution in [0.1, 0.15) is 25.7 Å². The Bertz CT molecular complexity index is 176. The molecule has 3 atom stereocenters. The summed E-state index contributed by atoms with van der Waals surface area (Å²) in [5, 5.41) is 0. The van der Waals surface area contributed by atoms with E-state index in [1.807, 2.05) is 0 Å². The Morgan fingerprint density at radius 3 is 2.64 bits per heavy atom. The van der Waals surface area contributed by atoms with Crippen LogP contribution in [-0.2, 0) is 9.53 Å². The van der Waals surface area contributed by atoms with E-state index in [4.69, 9.17) is 4.74 Å². The molecule has 2 heteroatoms. The van der Waals surface area contributed by atoms with Crippen LogP contribution >= 0.6 is 0 Å². The monoisotopic (exact) mass is 154 g/mol. The fourth-order valence-corrected chi connectivity index (χ4v) is 2.68. The van der Waals surface area contributed by atoms with E-state index in [9.17, 15) is 4.79 Å². The minimum atomic E-state index is 0.0252. The van der Waals surface area contributed by atoms with E-state index in [0.717, 1.165) is 12.3 Å². The van der Waals surface area contributed by atoms with Gasteiger partial charge in [-0.2, -0.15) is 0 Å². The molecule has 0 heterocycles. The predicted octanol–water partition coefficient (Wildman–Crippen LogP) is 1.60. The number of rotatable bonds is 1. The van der Waals surface area contributed by atoms with Crippen LogP contribution in [0.5, 0.6) is 0 Å². The quantitative estimate of drug-likeness (QED) is 0.536. The maximum absolute atomic E-state index is 11.2. The fourth-order valence-electron chi connectivity index (χ4n) is 2.68. The summed E-state index contributed by atoms with van der Waals surface area (Å²) < 4.78 is 4.75. The van der Waals surface area contributed by atoms with Crippen molar-refractivity contribution in [1.82, 2.24) is 0 Å². The number of ether oxygens (including phenoxy) is 1. The molecule has 2 bridgehead atoms. The van der Waals surface area contributed by atoms with Crippen LogP contribution in [0.4, 0.5) is 0 Å². The first-order valence-electron chi connectivity index (χ1n) is 4.39. The van der Waals surface area contributed by atoms with Crippen LogP contribution in [0.3, 0.4) is 0 Å². The zero-order valence-corrected chi connectivity index (χ0v) is 6.88. The molecule has 2 nitrogen and oxygen atoms in total. The Labute approximate surface area is 66.9 Å². The zero-order valence-electron chi connectivity index (χ0n) is 6.88. The third-order valence-electron chi connectivity index (χ3n) is 3.24. The molecule has 0 N–H and O–H groups in total. The average molecular weight is 154 g/mol. The number of carbonyl (C=O) groups excluding carboxylic acids is 1. The van der Waals surface area contributed by atoms with Crippen LogP contribution < -0.4 is 0 Å². The maximum Gasteiger partial charge on any atom is 0.308 e. The molecule has 2 rings (SSSR count). The Morgan fingerprint density at radius 1 is 1.36 bits per heavy atom. The van der Waals surface area contributed by atoms with Gasteiger partial charge in [0.1, 0.15) is 0 Å². The van der Waals surface area contributed by atoms with E-state index >= 15 is 0 Å².